The fraction of sp³-hybridized carbons (Fsp3) is 0. The van der Waals surface area contributed by atoms with Crippen LogP contribution in [0.2, 0.25) is 0 Å². The molecule has 0 heterocycles. The zero-order valence-electron chi connectivity index (χ0n) is 1.71. The zero-order chi connectivity index (χ0) is 0. The van der Waals surface area contributed by atoms with Crippen LogP contribution in [-0.4, -0.2) is 0 Å². The van der Waals surface area contributed by atoms with Gasteiger partial charge >= 0.3 is 65.8 Å². The SMILES string of the molecule is [Au+3].[O-2].[Ti+4].[Ti+4]. The molecule has 4 heavy (non-hydrogen) atoms. The van der Waals surface area contributed by atoms with Crippen molar-refractivity contribution >= 4 is 0 Å². The van der Waals surface area contributed by atoms with E-state index in [4.69, 9.17) is 0 Å². The quantitative estimate of drug-likeness (QED) is 0.558. The Morgan fingerprint density at radius 3 is 0.750 bits per heavy atom. The summed E-state index contributed by atoms with van der Waals surface area (Å²) in [5.41, 5.74) is 0. The van der Waals surface area contributed by atoms with Crippen LogP contribution in [0.4, 0.5) is 0 Å². The summed E-state index contributed by atoms with van der Waals surface area (Å²) in [5.74, 6) is 0. The van der Waals surface area contributed by atoms with E-state index in [0.29, 0.717) is 0 Å². The molecular weight excluding hydrogens is 309 g/mol. The van der Waals surface area contributed by atoms with Gasteiger partial charge in [-0.25, -0.2) is 0 Å². The van der Waals surface area contributed by atoms with Gasteiger partial charge in [-0.1, -0.05) is 0 Å². The van der Waals surface area contributed by atoms with Crippen molar-refractivity contribution in [1.29, 1.82) is 0 Å². The number of hydrogen-bond acceptors (Lipinski definition) is 0. The van der Waals surface area contributed by atoms with Crippen molar-refractivity contribution in [1.82, 2.24) is 0 Å². The molecular formula is AuOTi2+9. The number of rotatable bonds is 0. The molecule has 0 fully saturated rings. The Labute approximate surface area is 70.5 Å². The third-order valence-corrected chi connectivity index (χ3v) is 0. The van der Waals surface area contributed by atoms with Crippen LogP contribution in [0.25, 0.3) is 0 Å². The van der Waals surface area contributed by atoms with E-state index in [2.05, 4.69) is 0 Å². The van der Waals surface area contributed by atoms with Crippen LogP contribution < -0.4 is 0 Å². The van der Waals surface area contributed by atoms with Crippen LogP contribution >= 0.6 is 0 Å². The van der Waals surface area contributed by atoms with Crippen molar-refractivity contribution in [3.05, 3.63) is 0 Å². The van der Waals surface area contributed by atoms with Gasteiger partial charge in [-0.3, -0.25) is 0 Å². The molecule has 0 spiro atoms. The molecule has 0 aromatic rings. The summed E-state index contributed by atoms with van der Waals surface area (Å²) >= 11 is 0. The van der Waals surface area contributed by atoms with Gasteiger partial charge in [-0.05, 0) is 0 Å². The van der Waals surface area contributed by atoms with E-state index in [-0.39, 0.29) is 71.3 Å². The third-order valence-electron chi connectivity index (χ3n) is 0. The molecule has 0 aliphatic carbocycles. The Balaban J connectivity index is 0. The van der Waals surface area contributed by atoms with Crippen LogP contribution in [0.5, 0.6) is 0 Å². The van der Waals surface area contributed by atoms with E-state index in [1.807, 2.05) is 0 Å². The molecule has 4 heteroatoms. The van der Waals surface area contributed by atoms with Gasteiger partial charge in [0.2, 0.25) is 0 Å². The third kappa shape index (κ3) is 8.92. The Morgan fingerprint density at radius 2 is 0.750 bits per heavy atom. The second kappa shape index (κ2) is 19.3. The summed E-state index contributed by atoms with van der Waals surface area (Å²) < 4.78 is 0. The van der Waals surface area contributed by atoms with Crippen LogP contribution in [0.3, 0.4) is 0 Å². The maximum atomic E-state index is 0. The van der Waals surface area contributed by atoms with Gasteiger partial charge in [-0.15, -0.1) is 0 Å². The van der Waals surface area contributed by atoms with Crippen LogP contribution in [0.15, 0.2) is 0 Å². The summed E-state index contributed by atoms with van der Waals surface area (Å²) in [5, 5.41) is 0. The Bertz CT molecular complexity index is 6.00. The van der Waals surface area contributed by atoms with Gasteiger partial charge in [0.1, 0.15) is 0 Å². The van der Waals surface area contributed by atoms with Crippen molar-refractivity contribution in [3.8, 4) is 0 Å². The summed E-state index contributed by atoms with van der Waals surface area (Å²) in [6, 6.07) is 0. The molecule has 0 aliphatic rings. The molecule has 0 unspecified atom stereocenters. The summed E-state index contributed by atoms with van der Waals surface area (Å²) in [6.07, 6.45) is 0. The molecule has 16 valence electrons. The molecule has 0 N–H and O–H groups in total. The Kier molecular flexibility index (Phi) is 172. The van der Waals surface area contributed by atoms with E-state index in [0.717, 1.165) is 0 Å². The molecule has 0 aromatic heterocycles. The van der Waals surface area contributed by atoms with Crippen molar-refractivity contribution in [3.63, 3.8) is 0 Å². The Morgan fingerprint density at radius 1 is 0.750 bits per heavy atom. The predicted molar refractivity (Wildman–Crippen MR) is 0.686 cm³/mol. The monoisotopic (exact) mass is 309 g/mol. The van der Waals surface area contributed by atoms with Crippen molar-refractivity contribution in [2.45, 2.75) is 0 Å². The van der Waals surface area contributed by atoms with E-state index >= 15 is 0 Å². The average Bonchev–Trinajstić information content (AvgIpc) is 0. The van der Waals surface area contributed by atoms with Crippen LogP contribution in [0.1, 0.15) is 0 Å². The maximum absolute atomic E-state index is 0. The molecule has 0 rings (SSSR count). The second-order valence-electron chi connectivity index (χ2n) is 0. The molecule has 0 amide bonds. The zero-order valence-corrected chi connectivity index (χ0v) is 7.00. The largest absolute Gasteiger partial charge is 4.00 e. The first-order valence-corrected chi connectivity index (χ1v) is 0. The summed E-state index contributed by atoms with van der Waals surface area (Å²) in [6.45, 7) is 0. The van der Waals surface area contributed by atoms with E-state index in [9.17, 15) is 0 Å². The van der Waals surface area contributed by atoms with Gasteiger partial charge in [-0.2, -0.15) is 0 Å². The van der Waals surface area contributed by atoms with Crippen LogP contribution in [-0.2, 0) is 71.3 Å². The maximum Gasteiger partial charge on any atom is 4.00 e. The van der Waals surface area contributed by atoms with Crippen LogP contribution in [0, 0.1) is 0 Å². The molecule has 0 aromatic carbocycles. The molecule has 0 atom stereocenters. The van der Waals surface area contributed by atoms with Crippen molar-refractivity contribution < 1.29 is 71.3 Å². The minimum absolute atomic E-state index is 0. The minimum Gasteiger partial charge on any atom is -2.00 e. The first kappa shape index (κ1) is 35.6. The second-order valence-corrected chi connectivity index (χ2v) is 0. The van der Waals surface area contributed by atoms with Gasteiger partial charge in [0, 0.05) is 0 Å². The van der Waals surface area contributed by atoms with E-state index < -0.39 is 0 Å². The molecule has 0 saturated heterocycles. The Hall–Kier alpha value is 2.13. The van der Waals surface area contributed by atoms with E-state index in [1.54, 1.807) is 0 Å². The topological polar surface area (TPSA) is 28.5 Å². The van der Waals surface area contributed by atoms with Gasteiger partial charge in [0.25, 0.3) is 0 Å². The molecule has 1 nitrogen and oxygen atoms in total. The van der Waals surface area contributed by atoms with Crippen molar-refractivity contribution in [2.24, 2.45) is 0 Å². The average molecular weight is 309 g/mol. The van der Waals surface area contributed by atoms with Gasteiger partial charge in [0.05, 0.1) is 0 Å². The minimum atomic E-state index is 0. The normalized spacial score (nSPS) is 0. The van der Waals surface area contributed by atoms with Gasteiger partial charge < -0.3 is 5.48 Å². The first-order valence-electron chi connectivity index (χ1n) is 0. The molecule has 0 aliphatic heterocycles. The van der Waals surface area contributed by atoms with Crippen molar-refractivity contribution in [2.75, 3.05) is 0 Å². The molecule has 0 bridgehead atoms. The number of hydrogen-bond donors (Lipinski definition) is 0. The fourth-order valence-corrected chi connectivity index (χ4v) is 0. The first-order chi connectivity index (χ1) is 0. The summed E-state index contributed by atoms with van der Waals surface area (Å²) in [7, 11) is 0. The van der Waals surface area contributed by atoms with E-state index in [1.165, 1.54) is 0 Å². The van der Waals surface area contributed by atoms with Gasteiger partial charge in [0.15, 0.2) is 0 Å². The predicted octanol–water partition coefficient (Wildman–Crippen LogP) is -0.126. The smallest absolute Gasteiger partial charge is 2.00 e. The molecule has 0 saturated carbocycles. The summed E-state index contributed by atoms with van der Waals surface area (Å²) in [4.78, 5) is 0. The standard InChI is InChI=1S/Au.O.2Ti/q+3;-2;2*+4. The fourth-order valence-electron chi connectivity index (χ4n) is 0. The molecule has 0 radical (unpaired) electrons.